The molecule has 2 aromatic rings. The predicted molar refractivity (Wildman–Crippen MR) is 120 cm³/mol. The molecule has 0 radical (unpaired) electrons. The van der Waals surface area contributed by atoms with E-state index in [4.69, 9.17) is 4.74 Å². The topological polar surface area (TPSA) is 84.7 Å². The molecule has 2 aliphatic rings. The van der Waals surface area contributed by atoms with E-state index in [1.807, 2.05) is 24.3 Å². The third-order valence-electron chi connectivity index (χ3n) is 5.71. The van der Waals surface area contributed by atoms with Crippen molar-refractivity contribution in [3.8, 4) is 0 Å². The number of nitrogens with zero attached hydrogens (tertiary/aromatic N) is 4. The Bertz CT molecular complexity index is 1080. The van der Waals surface area contributed by atoms with Gasteiger partial charge in [-0.2, -0.15) is 9.40 Å². The summed E-state index contributed by atoms with van der Waals surface area (Å²) in [5, 5.41) is 4.84. The van der Waals surface area contributed by atoms with Gasteiger partial charge in [-0.3, -0.25) is 9.48 Å². The summed E-state index contributed by atoms with van der Waals surface area (Å²) in [6, 6.07) is 7.93. The lowest BCUT2D eigenvalue weighted by Gasteiger charge is -2.26. The molecule has 0 unspecified atom stereocenters. The fraction of sp³-hybridized carbons (Fsp3) is 0.524. The normalized spacial score (nSPS) is 20.4. The molecule has 10 heteroatoms. The van der Waals surface area contributed by atoms with Crippen LogP contribution in [-0.4, -0.2) is 66.5 Å². The molecular weight excluding hydrogens is 436 g/mol. The second kappa shape index (κ2) is 8.93. The number of aromatic nitrogens is 2. The lowest BCUT2D eigenvalue weighted by atomic mass is 10.2. The molecule has 1 atom stereocenters. The first-order chi connectivity index (χ1) is 14.8. The average molecular weight is 465 g/mol. The lowest BCUT2D eigenvalue weighted by molar-refractivity contribution is -0.119. The summed E-state index contributed by atoms with van der Waals surface area (Å²) in [4.78, 5) is 16.4. The third kappa shape index (κ3) is 4.39. The van der Waals surface area contributed by atoms with E-state index in [-0.39, 0.29) is 17.3 Å². The number of morpholine rings is 1. The summed E-state index contributed by atoms with van der Waals surface area (Å²) in [5.41, 5.74) is 1.81. The molecule has 2 aliphatic heterocycles. The van der Waals surface area contributed by atoms with Crippen molar-refractivity contribution in [1.29, 1.82) is 0 Å². The number of hydrogen-bond donors (Lipinski definition) is 0. The van der Waals surface area contributed by atoms with Gasteiger partial charge < -0.3 is 9.64 Å². The summed E-state index contributed by atoms with van der Waals surface area (Å²) in [6.45, 7) is 7.61. The maximum atomic E-state index is 13.3. The fourth-order valence-electron chi connectivity index (χ4n) is 4.08. The minimum absolute atomic E-state index is 0.00130. The zero-order chi connectivity index (χ0) is 22.2. The van der Waals surface area contributed by atoms with Gasteiger partial charge in [0.15, 0.2) is 0 Å². The van der Waals surface area contributed by atoms with E-state index in [2.05, 4.69) is 12.0 Å². The van der Waals surface area contributed by atoms with Gasteiger partial charge in [0.05, 0.1) is 30.3 Å². The van der Waals surface area contributed by atoms with Crippen LogP contribution in [0.3, 0.4) is 0 Å². The number of aryl methyl sites for hydroxylation is 1. The Morgan fingerprint density at radius 1 is 1.19 bits per heavy atom. The Labute approximate surface area is 187 Å². The highest BCUT2D eigenvalue weighted by Crippen LogP contribution is 2.37. The largest absolute Gasteiger partial charge is 0.379 e. The molecule has 0 spiro atoms. The zero-order valence-electron chi connectivity index (χ0n) is 18.1. The monoisotopic (exact) mass is 464 g/mol. The number of amides is 1. The SMILES string of the molecule is Cc1nn(CC(=O)N2CC[C@@H](C)Sc3ccccc32)c(C)c1S(=O)(=O)N1CCOCC1. The number of thioether (sulfide) groups is 1. The van der Waals surface area contributed by atoms with E-state index in [9.17, 15) is 13.2 Å². The van der Waals surface area contributed by atoms with Gasteiger partial charge in [-0.05, 0) is 32.4 Å². The number of para-hydroxylation sites is 1. The highest BCUT2D eigenvalue weighted by atomic mass is 32.2. The summed E-state index contributed by atoms with van der Waals surface area (Å²) in [7, 11) is -3.68. The molecule has 0 saturated carbocycles. The van der Waals surface area contributed by atoms with Crippen molar-refractivity contribution in [2.45, 2.75) is 48.8 Å². The molecule has 168 valence electrons. The van der Waals surface area contributed by atoms with Gasteiger partial charge in [-0.15, -0.1) is 11.8 Å². The van der Waals surface area contributed by atoms with Gasteiger partial charge >= 0.3 is 0 Å². The van der Waals surface area contributed by atoms with Gasteiger partial charge in [0.1, 0.15) is 11.4 Å². The first-order valence-electron chi connectivity index (χ1n) is 10.5. The van der Waals surface area contributed by atoms with Crippen molar-refractivity contribution in [2.24, 2.45) is 0 Å². The molecule has 1 amide bonds. The van der Waals surface area contributed by atoms with Crippen molar-refractivity contribution in [3.05, 3.63) is 35.7 Å². The molecule has 1 aromatic carbocycles. The molecule has 1 saturated heterocycles. The highest BCUT2D eigenvalue weighted by Gasteiger charge is 2.33. The van der Waals surface area contributed by atoms with E-state index in [1.165, 1.54) is 8.99 Å². The predicted octanol–water partition coefficient (Wildman–Crippen LogP) is 2.44. The molecular formula is C21H28N4O4S2. The lowest BCUT2D eigenvalue weighted by Crippen LogP contribution is -2.41. The van der Waals surface area contributed by atoms with E-state index in [0.717, 1.165) is 17.0 Å². The van der Waals surface area contributed by atoms with Crippen LogP contribution in [0.5, 0.6) is 0 Å². The van der Waals surface area contributed by atoms with E-state index < -0.39 is 10.0 Å². The number of ether oxygens (including phenoxy) is 1. The van der Waals surface area contributed by atoms with Crippen LogP contribution in [0.2, 0.25) is 0 Å². The number of rotatable bonds is 4. The standard InChI is InChI=1S/C21H28N4O4S2/c1-15-8-9-24(18-6-4-5-7-19(18)30-15)20(26)14-25-17(3)21(16(2)22-25)31(27,28)23-10-12-29-13-11-23/h4-7,15H,8-14H2,1-3H3/t15-/m1/s1. The average Bonchev–Trinajstić information content (AvgIpc) is 2.92. The second-order valence-corrected chi connectivity index (χ2v) is 11.3. The second-order valence-electron chi connectivity index (χ2n) is 7.90. The van der Waals surface area contributed by atoms with E-state index >= 15 is 0 Å². The summed E-state index contributed by atoms with van der Waals surface area (Å²) in [6.07, 6.45) is 0.888. The molecule has 0 N–H and O–H groups in total. The number of carbonyl (C=O) groups excluding carboxylic acids is 1. The van der Waals surface area contributed by atoms with Crippen LogP contribution in [-0.2, 0) is 26.1 Å². The summed E-state index contributed by atoms with van der Waals surface area (Å²) in [5.74, 6) is -0.0944. The number of benzene rings is 1. The zero-order valence-corrected chi connectivity index (χ0v) is 19.7. The van der Waals surface area contributed by atoms with Crippen molar-refractivity contribution >= 4 is 33.4 Å². The number of hydrogen-bond acceptors (Lipinski definition) is 6. The van der Waals surface area contributed by atoms with Gasteiger partial charge in [-0.25, -0.2) is 8.42 Å². The molecule has 0 bridgehead atoms. The third-order valence-corrected chi connectivity index (χ3v) is 9.10. The van der Waals surface area contributed by atoms with Crippen LogP contribution in [0, 0.1) is 13.8 Å². The van der Waals surface area contributed by atoms with Crippen molar-refractivity contribution < 1.29 is 17.9 Å². The maximum absolute atomic E-state index is 13.3. The smallest absolute Gasteiger partial charge is 0.248 e. The summed E-state index contributed by atoms with van der Waals surface area (Å²) < 4.78 is 34.6. The summed E-state index contributed by atoms with van der Waals surface area (Å²) >= 11 is 1.78. The van der Waals surface area contributed by atoms with Gasteiger partial charge in [0, 0.05) is 29.8 Å². The first-order valence-corrected chi connectivity index (χ1v) is 12.8. The van der Waals surface area contributed by atoms with Crippen molar-refractivity contribution in [1.82, 2.24) is 14.1 Å². The van der Waals surface area contributed by atoms with Crippen LogP contribution in [0.1, 0.15) is 24.7 Å². The van der Waals surface area contributed by atoms with Gasteiger partial charge in [0.2, 0.25) is 15.9 Å². The number of fused-ring (bicyclic) bond motifs is 1. The molecule has 1 fully saturated rings. The van der Waals surface area contributed by atoms with Crippen molar-refractivity contribution in [3.63, 3.8) is 0 Å². The molecule has 3 heterocycles. The Morgan fingerprint density at radius 2 is 1.90 bits per heavy atom. The number of anilines is 1. The Hall–Kier alpha value is -1.88. The Kier molecular flexibility index (Phi) is 6.43. The Balaban J connectivity index is 1.61. The Morgan fingerprint density at radius 3 is 2.65 bits per heavy atom. The van der Waals surface area contributed by atoms with Crippen LogP contribution >= 0.6 is 11.8 Å². The van der Waals surface area contributed by atoms with Gasteiger partial charge in [0.25, 0.3) is 0 Å². The highest BCUT2D eigenvalue weighted by molar-refractivity contribution is 8.00. The number of sulfonamides is 1. The minimum Gasteiger partial charge on any atom is -0.379 e. The van der Waals surface area contributed by atoms with Gasteiger partial charge in [-0.1, -0.05) is 19.1 Å². The number of carbonyl (C=O) groups is 1. The first kappa shape index (κ1) is 22.3. The quantitative estimate of drug-likeness (QED) is 0.691. The molecule has 8 nitrogen and oxygen atoms in total. The molecule has 4 rings (SSSR count). The molecule has 0 aliphatic carbocycles. The van der Waals surface area contributed by atoms with E-state index in [1.54, 1.807) is 30.5 Å². The van der Waals surface area contributed by atoms with E-state index in [0.29, 0.717) is 49.5 Å². The fourth-order valence-corrected chi connectivity index (χ4v) is 6.98. The van der Waals surface area contributed by atoms with Crippen LogP contribution in [0.4, 0.5) is 5.69 Å². The van der Waals surface area contributed by atoms with Crippen LogP contribution in [0.15, 0.2) is 34.1 Å². The maximum Gasteiger partial charge on any atom is 0.248 e. The molecule has 1 aromatic heterocycles. The van der Waals surface area contributed by atoms with Crippen molar-refractivity contribution in [2.75, 3.05) is 37.7 Å². The van der Waals surface area contributed by atoms with Crippen LogP contribution in [0.25, 0.3) is 0 Å². The molecule has 31 heavy (non-hydrogen) atoms. The van der Waals surface area contributed by atoms with Crippen LogP contribution < -0.4 is 4.90 Å². The minimum atomic E-state index is -3.68.